The molecule has 2 aliphatic carbocycles. The predicted octanol–water partition coefficient (Wildman–Crippen LogP) is 2.66. The van der Waals surface area contributed by atoms with Gasteiger partial charge in [0.15, 0.2) is 0 Å². The van der Waals surface area contributed by atoms with E-state index in [0.717, 1.165) is 31.8 Å². The molecule has 1 N–H and O–H groups in total. The molecule has 4 nitrogen and oxygen atoms in total. The number of rotatable bonds is 5. The highest BCUT2D eigenvalue weighted by Gasteiger charge is 2.54. The van der Waals surface area contributed by atoms with Gasteiger partial charge in [-0.2, -0.15) is 0 Å². The van der Waals surface area contributed by atoms with Crippen LogP contribution < -0.4 is 5.32 Å². The molecule has 1 aliphatic heterocycles. The summed E-state index contributed by atoms with van der Waals surface area (Å²) >= 11 is 1.75. The fraction of sp³-hybridized carbons (Fsp3) is 0.765. The smallest absolute Gasteiger partial charge is 0.223 e. The maximum atomic E-state index is 11.9. The second-order valence-corrected chi connectivity index (χ2v) is 8.32. The van der Waals surface area contributed by atoms with Crippen molar-refractivity contribution < 1.29 is 4.79 Å². The molecule has 1 amide bonds. The van der Waals surface area contributed by atoms with Crippen LogP contribution in [0, 0.1) is 17.3 Å². The summed E-state index contributed by atoms with van der Waals surface area (Å²) in [7, 11) is 0. The van der Waals surface area contributed by atoms with Crippen molar-refractivity contribution in [3.63, 3.8) is 0 Å². The third kappa shape index (κ3) is 2.93. The van der Waals surface area contributed by atoms with Crippen molar-refractivity contribution in [2.45, 2.75) is 45.1 Å². The van der Waals surface area contributed by atoms with Gasteiger partial charge in [-0.15, -0.1) is 11.3 Å². The zero-order valence-corrected chi connectivity index (χ0v) is 13.9. The first kappa shape index (κ1) is 14.6. The average molecular weight is 319 g/mol. The number of likely N-dealkylation sites (tertiary alicyclic amines) is 1. The number of piperidine rings is 1. The molecule has 0 aromatic carbocycles. The zero-order chi connectivity index (χ0) is 15.0. The standard InChI is InChI=1S/C17H25N3OS/c21-16(13-2-1-3-13)19-11-14-10-17(14)4-7-20(8-5-17)12-15-18-6-9-22-15/h6,9,13-14H,1-5,7-8,10-12H2,(H,19,21)/t14-/m0/s1. The topological polar surface area (TPSA) is 45.2 Å². The SMILES string of the molecule is O=C(NC[C@@H]1CC12CCN(Cc1nccs1)CC2)C1CCC1. The van der Waals surface area contributed by atoms with Crippen LogP contribution in [0.25, 0.3) is 0 Å². The summed E-state index contributed by atoms with van der Waals surface area (Å²) < 4.78 is 0. The van der Waals surface area contributed by atoms with Crippen molar-refractivity contribution in [2.75, 3.05) is 19.6 Å². The van der Waals surface area contributed by atoms with Gasteiger partial charge in [0.25, 0.3) is 0 Å². The third-order valence-corrected chi connectivity index (χ3v) is 6.82. The Morgan fingerprint density at radius 1 is 1.41 bits per heavy atom. The Bertz CT molecular complexity index is 518. The lowest BCUT2D eigenvalue weighted by Crippen LogP contribution is -2.38. The van der Waals surface area contributed by atoms with Crippen molar-refractivity contribution in [1.29, 1.82) is 0 Å². The van der Waals surface area contributed by atoms with E-state index in [9.17, 15) is 4.79 Å². The van der Waals surface area contributed by atoms with Crippen LogP contribution in [0.2, 0.25) is 0 Å². The molecule has 3 fully saturated rings. The molecule has 1 aromatic rings. The van der Waals surface area contributed by atoms with Crippen molar-refractivity contribution in [1.82, 2.24) is 15.2 Å². The molecule has 2 heterocycles. The van der Waals surface area contributed by atoms with E-state index in [2.05, 4.69) is 20.6 Å². The van der Waals surface area contributed by atoms with Crippen molar-refractivity contribution >= 4 is 17.2 Å². The van der Waals surface area contributed by atoms with E-state index in [1.807, 2.05) is 6.20 Å². The molecule has 1 saturated heterocycles. The molecule has 5 heteroatoms. The summed E-state index contributed by atoms with van der Waals surface area (Å²) in [6, 6.07) is 0. The Labute approximate surface area is 136 Å². The van der Waals surface area contributed by atoms with E-state index in [1.54, 1.807) is 11.3 Å². The minimum absolute atomic E-state index is 0.314. The van der Waals surface area contributed by atoms with Gasteiger partial charge in [0.05, 0.1) is 6.54 Å². The zero-order valence-electron chi connectivity index (χ0n) is 13.1. The van der Waals surface area contributed by atoms with Crippen LogP contribution in [0.15, 0.2) is 11.6 Å². The average Bonchev–Trinajstić information content (AvgIpc) is 2.88. The number of thiazole rings is 1. The van der Waals surface area contributed by atoms with Crippen molar-refractivity contribution in [3.05, 3.63) is 16.6 Å². The first-order chi connectivity index (χ1) is 10.8. The molecular weight excluding hydrogens is 294 g/mol. The Kier molecular flexibility index (Phi) is 3.95. The van der Waals surface area contributed by atoms with Crippen LogP contribution in [-0.2, 0) is 11.3 Å². The van der Waals surface area contributed by atoms with E-state index >= 15 is 0 Å². The lowest BCUT2D eigenvalue weighted by molar-refractivity contribution is -0.127. The maximum Gasteiger partial charge on any atom is 0.223 e. The monoisotopic (exact) mass is 319 g/mol. The Morgan fingerprint density at radius 2 is 2.23 bits per heavy atom. The Morgan fingerprint density at radius 3 is 2.86 bits per heavy atom. The van der Waals surface area contributed by atoms with Gasteiger partial charge in [0.2, 0.25) is 5.91 Å². The molecule has 2 saturated carbocycles. The van der Waals surface area contributed by atoms with Gasteiger partial charge in [-0.25, -0.2) is 4.98 Å². The number of carbonyl (C=O) groups excluding carboxylic acids is 1. The van der Waals surface area contributed by atoms with Crippen molar-refractivity contribution in [2.24, 2.45) is 17.3 Å². The maximum absolute atomic E-state index is 11.9. The quantitative estimate of drug-likeness (QED) is 0.907. The van der Waals surface area contributed by atoms with E-state index in [-0.39, 0.29) is 0 Å². The minimum Gasteiger partial charge on any atom is -0.356 e. The highest BCUT2D eigenvalue weighted by atomic mass is 32.1. The number of carbonyl (C=O) groups is 1. The Hall–Kier alpha value is -0.940. The number of nitrogens with zero attached hydrogens (tertiary/aromatic N) is 2. The normalized spacial score (nSPS) is 27.5. The van der Waals surface area contributed by atoms with Gasteiger partial charge in [-0.1, -0.05) is 6.42 Å². The fourth-order valence-electron chi connectivity index (χ4n) is 4.05. The van der Waals surface area contributed by atoms with Gasteiger partial charge >= 0.3 is 0 Å². The number of hydrogen-bond acceptors (Lipinski definition) is 4. The van der Waals surface area contributed by atoms with Crippen molar-refractivity contribution in [3.8, 4) is 0 Å². The molecule has 3 aliphatic rings. The summed E-state index contributed by atoms with van der Waals surface area (Å²) in [4.78, 5) is 18.9. The lowest BCUT2D eigenvalue weighted by atomic mass is 9.84. The molecule has 4 rings (SSSR count). The summed E-state index contributed by atoms with van der Waals surface area (Å²) in [6.45, 7) is 4.30. The van der Waals surface area contributed by atoms with E-state index in [1.165, 1.54) is 43.8 Å². The molecule has 0 unspecified atom stereocenters. The third-order valence-electron chi connectivity index (χ3n) is 6.05. The number of aromatic nitrogens is 1. The molecule has 1 aromatic heterocycles. The van der Waals surface area contributed by atoms with Crippen LogP contribution in [0.3, 0.4) is 0 Å². The first-order valence-corrected chi connectivity index (χ1v) is 9.52. The molecular formula is C17H25N3OS. The summed E-state index contributed by atoms with van der Waals surface area (Å²) in [5.41, 5.74) is 0.548. The van der Waals surface area contributed by atoms with Crippen LogP contribution in [-0.4, -0.2) is 35.4 Å². The predicted molar refractivity (Wildman–Crippen MR) is 87.5 cm³/mol. The summed E-state index contributed by atoms with van der Waals surface area (Å²) in [6.07, 6.45) is 9.25. The second kappa shape index (κ2) is 5.93. The number of nitrogens with one attached hydrogen (secondary N) is 1. The summed E-state index contributed by atoms with van der Waals surface area (Å²) in [5.74, 6) is 1.38. The second-order valence-electron chi connectivity index (χ2n) is 7.34. The van der Waals surface area contributed by atoms with Crippen LogP contribution in [0.5, 0.6) is 0 Å². The van der Waals surface area contributed by atoms with Gasteiger partial charge in [0, 0.05) is 24.0 Å². The van der Waals surface area contributed by atoms with Crippen LogP contribution >= 0.6 is 11.3 Å². The van der Waals surface area contributed by atoms with Crippen LogP contribution in [0.1, 0.15) is 43.5 Å². The van der Waals surface area contributed by atoms with Gasteiger partial charge < -0.3 is 5.32 Å². The Balaban J connectivity index is 1.20. The highest BCUT2D eigenvalue weighted by molar-refractivity contribution is 7.09. The minimum atomic E-state index is 0.314. The van der Waals surface area contributed by atoms with Crippen LogP contribution in [0.4, 0.5) is 0 Å². The molecule has 1 atom stereocenters. The molecule has 22 heavy (non-hydrogen) atoms. The molecule has 120 valence electrons. The molecule has 0 bridgehead atoms. The lowest BCUT2D eigenvalue weighted by Gasteiger charge is -2.32. The number of hydrogen-bond donors (Lipinski definition) is 1. The first-order valence-electron chi connectivity index (χ1n) is 8.64. The summed E-state index contributed by atoms with van der Waals surface area (Å²) in [5, 5.41) is 6.50. The van der Waals surface area contributed by atoms with Gasteiger partial charge in [0.1, 0.15) is 5.01 Å². The van der Waals surface area contributed by atoms with E-state index in [4.69, 9.17) is 0 Å². The van der Waals surface area contributed by atoms with Gasteiger partial charge in [-0.3, -0.25) is 9.69 Å². The fourth-order valence-corrected chi connectivity index (χ4v) is 4.71. The van der Waals surface area contributed by atoms with Gasteiger partial charge in [-0.05, 0) is 56.5 Å². The van der Waals surface area contributed by atoms with E-state index < -0.39 is 0 Å². The highest BCUT2D eigenvalue weighted by Crippen LogP contribution is 2.59. The molecule has 1 spiro atoms. The largest absolute Gasteiger partial charge is 0.356 e. The number of amides is 1. The molecule has 0 radical (unpaired) electrons. The van der Waals surface area contributed by atoms with E-state index in [0.29, 0.717) is 17.2 Å².